The first kappa shape index (κ1) is 10.8. The quantitative estimate of drug-likeness (QED) is 0.600. The number of rotatable bonds is 2. The van der Waals surface area contributed by atoms with E-state index < -0.39 is 0 Å². The number of hydrogen-bond acceptors (Lipinski definition) is 2. The molecule has 0 atom stereocenters. The summed E-state index contributed by atoms with van der Waals surface area (Å²) in [6.07, 6.45) is 0. The lowest BCUT2D eigenvalue weighted by Crippen LogP contribution is -2.19. The molecule has 0 amide bonds. The molecule has 0 saturated heterocycles. The van der Waals surface area contributed by atoms with E-state index in [-0.39, 0.29) is 12.4 Å². The summed E-state index contributed by atoms with van der Waals surface area (Å²) >= 11 is 10.8. The van der Waals surface area contributed by atoms with Gasteiger partial charge >= 0.3 is 0 Å². The summed E-state index contributed by atoms with van der Waals surface area (Å²) in [7, 11) is 0. The molecule has 1 rings (SSSR count). The van der Waals surface area contributed by atoms with Crippen LogP contribution in [0.4, 0.5) is 5.69 Å². The fourth-order valence-corrected chi connectivity index (χ4v) is 0.818. The lowest BCUT2D eigenvalue weighted by molar-refractivity contribution is 1.06. The third kappa shape index (κ3) is 3.16. The molecule has 0 bridgehead atoms. The van der Waals surface area contributed by atoms with Gasteiger partial charge in [0.2, 0.25) is 0 Å². The number of nitrogens with zero attached hydrogens (tertiary/aromatic N) is 1. The summed E-state index contributed by atoms with van der Waals surface area (Å²) in [6, 6.07) is 9.32. The molecule has 1 aromatic carbocycles. The van der Waals surface area contributed by atoms with Crippen molar-refractivity contribution in [2.75, 3.05) is 4.53 Å². The highest BCUT2D eigenvalue weighted by Gasteiger charge is 1.96. The van der Waals surface area contributed by atoms with Crippen molar-refractivity contribution in [1.29, 1.82) is 0 Å². The van der Waals surface area contributed by atoms with E-state index in [4.69, 9.17) is 23.6 Å². The number of hydrogen-bond donors (Lipinski definition) is 1. The molecule has 2 nitrogen and oxygen atoms in total. The van der Waals surface area contributed by atoms with Gasteiger partial charge in [-0.1, -0.05) is 18.2 Å². The average molecular weight is 213 g/mol. The third-order valence-electron chi connectivity index (χ3n) is 1.06. The highest BCUT2D eigenvalue weighted by Crippen LogP contribution is 2.12. The van der Waals surface area contributed by atoms with Crippen LogP contribution in [0.15, 0.2) is 30.3 Å². The minimum atomic E-state index is 0. The molecule has 0 radical (unpaired) electrons. The van der Waals surface area contributed by atoms with Gasteiger partial charge in [0.1, 0.15) is 0 Å². The Labute approximate surface area is 81.7 Å². The van der Waals surface area contributed by atoms with Crippen molar-refractivity contribution in [2.45, 2.75) is 0 Å². The number of para-hydroxylation sites is 1. The van der Waals surface area contributed by atoms with Crippen molar-refractivity contribution in [1.82, 2.24) is 4.94 Å². The van der Waals surface area contributed by atoms with Crippen LogP contribution in [-0.4, -0.2) is 0 Å². The maximum absolute atomic E-state index is 5.58. The van der Waals surface area contributed by atoms with Gasteiger partial charge in [0.05, 0.1) is 5.69 Å². The zero-order valence-electron chi connectivity index (χ0n) is 5.50. The van der Waals surface area contributed by atoms with Gasteiger partial charge < -0.3 is 0 Å². The van der Waals surface area contributed by atoms with Gasteiger partial charge in [-0.25, -0.2) is 4.53 Å². The first-order valence-corrected chi connectivity index (χ1v) is 3.43. The summed E-state index contributed by atoms with van der Waals surface area (Å²) in [4.78, 5) is 2.25. The largest absolute Gasteiger partial charge is 0.203 e. The summed E-state index contributed by atoms with van der Waals surface area (Å²) in [6.45, 7) is 0. The number of benzene rings is 1. The van der Waals surface area contributed by atoms with Gasteiger partial charge in [0.25, 0.3) is 0 Å². The van der Waals surface area contributed by atoms with E-state index in [1.54, 1.807) is 0 Å². The minimum Gasteiger partial charge on any atom is -0.203 e. The van der Waals surface area contributed by atoms with E-state index in [2.05, 4.69) is 4.94 Å². The summed E-state index contributed by atoms with van der Waals surface area (Å²) in [5.41, 5.74) is 0.805. The summed E-state index contributed by atoms with van der Waals surface area (Å²) < 4.78 is 1.20. The second kappa shape index (κ2) is 5.49. The van der Waals surface area contributed by atoms with Crippen LogP contribution < -0.4 is 9.47 Å². The predicted molar refractivity (Wildman–Crippen MR) is 51.0 cm³/mol. The summed E-state index contributed by atoms with van der Waals surface area (Å²) in [5, 5.41) is 0. The SMILES string of the molecule is Cl.ClNN(Cl)c1ccccc1. The monoisotopic (exact) mass is 212 g/mol. The molecule has 0 aliphatic rings. The first-order chi connectivity index (χ1) is 4.84. The van der Waals surface area contributed by atoms with E-state index in [9.17, 15) is 0 Å². The third-order valence-corrected chi connectivity index (χ3v) is 1.59. The predicted octanol–water partition coefficient (Wildman–Crippen LogP) is 2.73. The average Bonchev–Trinajstić information content (AvgIpc) is 2.05. The van der Waals surface area contributed by atoms with Crippen molar-refractivity contribution in [2.24, 2.45) is 0 Å². The van der Waals surface area contributed by atoms with Crippen LogP contribution in [-0.2, 0) is 0 Å². The molecule has 11 heavy (non-hydrogen) atoms. The summed E-state index contributed by atoms with van der Waals surface area (Å²) in [5.74, 6) is 0. The fourth-order valence-electron chi connectivity index (χ4n) is 0.608. The van der Waals surface area contributed by atoms with Crippen LogP contribution in [0, 0.1) is 0 Å². The van der Waals surface area contributed by atoms with E-state index in [1.807, 2.05) is 30.3 Å². The molecule has 0 spiro atoms. The van der Waals surface area contributed by atoms with Crippen LogP contribution in [0.3, 0.4) is 0 Å². The van der Waals surface area contributed by atoms with Crippen molar-refractivity contribution >= 4 is 41.6 Å². The van der Waals surface area contributed by atoms with E-state index in [0.29, 0.717) is 0 Å². The van der Waals surface area contributed by atoms with E-state index in [0.717, 1.165) is 5.69 Å². The number of hydrazine groups is 1. The highest BCUT2D eigenvalue weighted by molar-refractivity contribution is 6.29. The van der Waals surface area contributed by atoms with Crippen molar-refractivity contribution in [3.63, 3.8) is 0 Å². The molecular weight excluding hydrogens is 206 g/mol. The first-order valence-electron chi connectivity index (χ1n) is 2.72. The molecule has 0 aliphatic heterocycles. The Kier molecular flexibility index (Phi) is 5.42. The van der Waals surface area contributed by atoms with Crippen molar-refractivity contribution in [3.05, 3.63) is 30.3 Å². The number of halogens is 3. The van der Waals surface area contributed by atoms with Gasteiger partial charge in [-0.15, -0.1) is 17.4 Å². The lowest BCUT2D eigenvalue weighted by Gasteiger charge is -2.10. The zero-order chi connectivity index (χ0) is 7.40. The molecule has 0 aromatic heterocycles. The Morgan fingerprint density at radius 3 is 2.18 bits per heavy atom. The maximum atomic E-state index is 5.58. The van der Waals surface area contributed by atoms with Crippen LogP contribution >= 0.6 is 36.0 Å². The highest BCUT2D eigenvalue weighted by atomic mass is 35.5. The zero-order valence-corrected chi connectivity index (χ0v) is 7.83. The van der Waals surface area contributed by atoms with Crippen LogP contribution in [0.2, 0.25) is 0 Å². The number of anilines is 1. The minimum absolute atomic E-state index is 0. The molecule has 0 fully saturated rings. The molecular formula is C6H7Cl3N2. The Morgan fingerprint density at radius 1 is 1.18 bits per heavy atom. The van der Waals surface area contributed by atoms with Crippen molar-refractivity contribution < 1.29 is 0 Å². The second-order valence-corrected chi connectivity index (χ2v) is 2.21. The van der Waals surface area contributed by atoms with E-state index in [1.165, 1.54) is 4.53 Å². The Hall–Kier alpha value is -0.150. The molecule has 1 aromatic rings. The smallest absolute Gasteiger partial charge is 0.0719 e. The topological polar surface area (TPSA) is 15.3 Å². The molecule has 0 heterocycles. The maximum Gasteiger partial charge on any atom is 0.0719 e. The van der Waals surface area contributed by atoms with Crippen LogP contribution in [0.1, 0.15) is 0 Å². The Morgan fingerprint density at radius 2 is 1.73 bits per heavy atom. The molecule has 1 N–H and O–H groups in total. The number of nitrogens with one attached hydrogen (secondary N) is 1. The standard InChI is InChI=1S/C6H6Cl2N2.ClH/c7-9-10(8)6-4-2-1-3-5-6;/h1-5,9H;1H. The van der Waals surface area contributed by atoms with Gasteiger partial charge in [-0.2, -0.15) is 0 Å². The molecule has 5 heteroatoms. The molecule has 0 unspecified atom stereocenters. The second-order valence-electron chi connectivity index (χ2n) is 1.70. The van der Waals surface area contributed by atoms with Gasteiger partial charge in [0.15, 0.2) is 0 Å². The van der Waals surface area contributed by atoms with E-state index >= 15 is 0 Å². The van der Waals surface area contributed by atoms with Gasteiger partial charge in [-0.3, -0.25) is 0 Å². The van der Waals surface area contributed by atoms with Gasteiger partial charge in [-0.05, 0) is 23.9 Å². The molecule has 62 valence electrons. The molecule has 0 aliphatic carbocycles. The van der Waals surface area contributed by atoms with Crippen LogP contribution in [0.5, 0.6) is 0 Å². The normalized spacial score (nSPS) is 8.55. The Bertz CT molecular complexity index is 192. The van der Waals surface area contributed by atoms with Crippen molar-refractivity contribution in [3.8, 4) is 0 Å². The van der Waals surface area contributed by atoms with Gasteiger partial charge in [0, 0.05) is 11.8 Å². The fraction of sp³-hybridized carbons (Fsp3) is 0. The molecule has 0 saturated carbocycles. The Balaban J connectivity index is 0.000001000. The lowest BCUT2D eigenvalue weighted by atomic mass is 10.3. The van der Waals surface area contributed by atoms with Crippen LogP contribution in [0.25, 0.3) is 0 Å².